The fourth-order valence-electron chi connectivity index (χ4n) is 35.1. The van der Waals surface area contributed by atoms with E-state index >= 15 is 8.78 Å². The lowest BCUT2D eigenvalue weighted by atomic mass is 9.48. The minimum absolute atomic E-state index is 0.000643. The van der Waals surface area contributed by atoms with Crippen LogP contribution < -0.4 is 0 Å². The lowest BCUT2D eigenvalue weighted by Crippen LogP contribution is -2.56. The standard InChI is InChI=1S/C25H34O4.C24H27F3O5.C24H29FO4.C23H32O3.C22H27FO3/c1-14-10-18-19(24(4)8-6-17(27)12-20(14)24)7-9-25(5)21(18)11-15(2)23(25)22(28)13-29-16(3)26;1-13(28)32-12-20(30)23(31)9-6-17-15-11-19(24(25,26)27)18-10-14(29)4-7-21(18,2)16(15)5-8-22(17,23)3;1-13-9-18-16-11-20(25)19-10-15(27)5-7-23(19,3)17(16)6-8-24(18,4)22(13)21(28)12-29-14(2)26;1-13-9-15-11-16(25)5-7-22(15,3)17-6-8-23(4)18(20(13)17)10-14(2)21(23)19(26)12-24;1-12-8-16-19-15(5-7-22(16,3)20(12)18(26)11-24)21(2)6-4-14(25)9-13(21)10-17(19)23/h7,12,14-15,18,21,23H,6,8-11,13H2,1-5H3;4-5,7,10,15,17,19,31H,6,8-9,11-12H2,1-3H3;5-7,10,13,16,18,20,22H,8-9,11-12H2,1-4H3;6,11,13-14,18,20-21,24H,5,7-10,12H2,1-4H3;4-6,9,12,16-17,19-20,24H,7-8,10-11H2,1-3H3/t14?,15-,18?,21?,23-,24-,25+;15?,17?,19?,21-,22+,23+;13-,16?,18?,20?,22-,23-,24+;13?,14-,18?,20?,21+,22-,23-;12-,16?,17?,19?,20+,21-,22-/m11100/s1. The summed E-state index contributed by atoms with van der Waals surface area (Å²) in [6, 6.07) is 0. The van der Waals surface area contributed by atoms with Crippen LogP contribution >= 0.6 is 0 Å². The van der Waals surface area contributed by atoms with Gasteiger partial charge in [-0.2, -0.15) is 13.2 Å². The van der Waals surface area contributed by atoms with E-state index in [1.165, 1.54) is 55.2 Å². The predicted octanol–water partition coefficient (Wildman–Crippen LogP) is 20.4. The average Bonchev–Trinajstić information content (AvgIpc) is 1.51. The maximum Gasteiger partial charge on any atom is 0.395 e. The largest absolute Gasteiger partial charge is 0.458 e. The number of hydrogen-bond acceptors (Lipinski definition) is 19. The molecule has 0 aromatic carbocycles. The number of ketones is 10. The van der Waals surface area contributed by atoms with Crippen LogP contribution in [0.1, 0.15) is 260 Å². The highest BCUT2D eigenvalue weighted by Gasteiger charge is 2.70. The van der Waals surface area contributed by atoms with Gasteiger partial charge in [-0.05, 0) is 306 Å². The molecule has 34 atom stereocenters. The van der Waals surface area contributed by atoms with Crippen LogP contribution in [0.4, 0.5) is 22.0 Å². The van der Waals surface area contributed by atoms with Crippen LogP contribution in [0.5, 0.6) is 0 Å². The van der Waals surface area contributed by atoms with Crippen molar-refractivity contribution >= 4 is 75.7 Å². The van der Waals surface area contributed by atoms with E-state index < -0.39 is 94.9 Å². The average molecular weight is 1970 g/mol. The van der Waals surface area contributed by atoms with Crippen LogP contribution in [0.25, 0.3) is 0 Å². The Balaban J connectivity index is 0.000000128. The van der Waals surface area contributed by atoms with E-state index in [0.717, 1.165) is 99.8 Å². The summed E-state index contributed by atoms with van der Waals surface area (Å²) in [7, 11) is 0. The molecule has 770 valence electrons. The summed E-state index contributed by atoms with van der Waals surface area (Å²) in [6.45, 7) is 36.4. The molecule has 0 radical (unpaired) electrons. The third-order valence-electron chi connectivity index (χ3n) is 41.5. The first-order valence-electron chi connectivity index (χ1n) is 52.5. The zero-order chi connectivity index (χ0) is 104. The van der Waals surface area contributed by atoms with Gasteiger partial charge < -0.3 is 29.5 Å². The molecule has 0 saturated heterocycles. The Kier molecular flexibility index (Phi) is 28.3. The number of ether oxygens (including phenoxy) is 3. The molecule has 20 aliphatic carbocycles. The number of rotatable bonds is 13. The van der Waals surface area contributed by atoms with Gasteiger partial charge in [0.2, 0.25) is 5.78 Å². The van der Waals surface area contributed by atoms with Gasteiger partial charge in [-0.15, -0.1) is 0 Å². The monoisotopic (exact) mass is 1970 g/mol. The molecule has 0 spiro atoms. The molecule has 10 fully saturated rings. The number of hydrogen-bond donors (Lipinski definition) is 3. The molecule has 0 amide bonds. The van der Waals surface area contributed by atoms with Crippen LogP contribution in [0, 0.1) is 178 Å². The number of Topliss-reactive ketones (excluding diaryl/α,β-unsaturated/α-hetero) is 5. The summed E-state index contributed by atoms with van der Waals surface area (Å²) in [4.78, 5) is 157. The lowest BCUT2D eigenvalue weighted by Gasteiger charge is -2.55. The van der Waals surface area contributed by atoms with Gasteiger partial charge in [-0.1, -0.05) is 178 Å². The SMILES string of the molecule is CC(=O)OCC(=O)[C@@]1(O)CCC2C3CC(C(F)(F)F)C4=CC(=O)C=C[C@]4(C)C3=CC[C@@]21C.CC(=O)OCC(=O)[C@H]1[C@H](C)CC2C3CC(C)C4=CC(=O)CC[C@]4(C)C3=CC[C@@]21C.CC(=O)OCC(=O)[C@H]1[C@H](C)CC2C3CC(F)C4=CC(=O)C=C[C@]4(C)C3=CC[C@@]21C.CC1CC2=CC(=O)CC[C@]2(C)C2=CC[C@@]3(C)C(C[C@H](C)[C@@H]3C(=O)CO)C21.C[C@H]1CC2C3C(=CC[C@]2(C)[C@H]1C(=O)CO)[C@@]1(C)C=CC(=O)C=C1CC3F. The molecule has 15 unspecified atom stereocenters. The van der Waals surface area contributed by atoms with E-state index in [1.807, 2.05) is 37.3 Å². The van der Waals surface area contributed by atoms with Gasteiger partial charge in [0.15, 0.2) is 58.7 Å². The minimum Gasteiger partial charge on any atom is -0.458 e. The zero-order valence-corrected chi connectivity index (χ0v) is 86.5. The van der Waals surface area contributed by atoms with Crippen molar-refractivity contribution in [1.29, 1.82) is 0 Å². The summed E-state index contributed by atoms with van der Waals surface area (Å²) in [5.74, 6) is -1.39. The number of halogens is 5. The number of allylic oxidation sites excluding steroid dienone is 26. The molecule has 20 aliphatic rings. The summed E-state index contributed by atoms with van der Waals surface area (Å²) < 4.78 is 87.8. The summed E-state index contributed by atoms with van der Waals surface area (Å²) >= 11 is 0. The molecule has 0 aromatic heterocycles. The molecule has 0 bridgehead atoms. The van der Waals surface area contributed by atoms with E-state index in [9.17, 15) is 90.8 Å². The summed E-state index contributed by atoms with van der Waals surface area (Å²) in [5.41, 5.74) is 4.99. The molecular formula is C118H149F5O19. The van der Waals surface area contributed by atoms with E-state index in [2.05, 4.69) is 114 Å². The first kappa shape index (κ1) is 106. The van der Waals surface area contributed by atoms with E-state index in [-0.39, 0.29) is 194 Å². The molecule has 20 rings (SSSR count). The third-order valence-corrected chi connectivity index (χ3v) is 41.5. The van der Waals surface area contributed by atoms with Crippen molar-refractivity contribution in [3.05, 3.63) is 153 Å². The van der Waals surface area contributed by atoms with Gasteiger partial charge in [0.05, 0.1) is 5.92 Å². The van der Waals surface area contributed by atoms with Crippen molar-refractivity contribution in [2.75, 3.05) is 33.0 Å². The molecular weight excluding hydrogens is 1820 g/mol. The highest BCUT2D eigenvalue weighted by molar-refractivity contribution is 6.03. The van der Waals surface area contributed by atoms with Crippen LogP contribution in [0.15, 0.2) is 153 Å². The number of carbonyl (C=O) groups is 13. The van der Waals surface area contributed by atoms with Gasteiger partial charge in [0, 0.05) is 102 Å². The number of esters is 3. The first-order chi connectivity index (χ1) is 66.3. The number of aliphatic hydroxyl groups excluding tert-OH is 2. The fraction of sp³-hybridized carbons (Fsp3) is 0.669. The Bertz CT molecular complexity index is 5710. The Morgan fingerprint density at radius 1 is 0.401 bits per heavy atom. The predicted molar refractivity (Wildman–Crippen MR) is 524 cm³/mol. The molecule has 3 N–H and O–H groups in total. The first-order valence-corrected chi connectivity index (χ1v) is 52.5. The normalized spacial score (nSPS) is 44.0. The van der Waals surface area contributed by atoms with E-state index in [0.29, 0.717) is 85.0 Å². The second-order valence-corrected chi connectivity index (χ2v) is 49.4. The topological polar surface area (TPSA) is 310 Å². The van der Waals surface area contributed by atoms with Gasteiger partial charge >= 0.3 is 24.1 Å². The van der Waals surface area contributed by atoms with Crippen LogP contribution in [0.3, 0.4) is 0 Å². The van der Waals surface area contributed by atoms with Crippen molar-refractivity contribution in [2.24, 2.45) is 178 Å². The number of carbonyl (C=O) groups excluding carboxylic acids is 13. The summed E-state index contributed by atoms with van der Waals surface area (Å²) in [6.07, 6.45) is 35.8. The van der Waals surface area contributed by atoms with Crippen LogP contribution in [-0.4, -0.2) is 148 Å². The molecule has 24 heteroatoms. The number of fused-ring (bicyclic) bond motifs is 25. The Morgan fingerprint density at radius 2 is 0.817 bits per heavy atom. The maximum atomic E-state index is 15.4. The maximum absolute atomic E-state index is 15.4. The van der Waals surface area contributed by atoms with Crippen molar-refractivity contribution in [1.82, 2.24) is 0 Å². The van der Waals surface area contributed by atoms with E-state index in [4.69, 9.17) is 14.2 Å². The third kappa shape index (κ3) is 17.3. The van der Waals surface area contributed by atoms with E-state index in [1.54, 1.807) is 43.7 Å². The molecule has 0 aliphatic heterocycles. The lowest BCUT2D eigenvalue weighted by molar-refractivity contribution is -0.179. The Hall–Kier alpha value is -8.74. The van der Waals surface area contributed by atoms with Crippen molar-refractivity contribution < 1.29 is 114 Å². The van der Waals surface area contributed by atoms with Gasteiger partial charge in [0.1, 0.15) is 44.4 Å². The van der Waals surface area contributed by atoms with Gasteiger partial charge in [-0.25, -0.2) is 8.78 Å². The van der Waals surface area contributed by atoms with Gasteiger partial charge in [-0.3, -0.25) is 62.3 Å². The minimum atomic E-state index is -4.52. The molecule has 19 nitrogen and oxygen atoms in total. The quantitative estimate of drug-likeness (QED) is 0.0668. The summed E-state index contributed by atoms with van der Waals surface area (Å²) in [5, 5.41) is 30.4. The second kappa shape index (κ2) is 37.9. The second-order valence-electron chi connectivity index (χ2n) is 49.4. The molecule has 0 heterocycles. The smallest absolute Gasteiger partial charge is 0.395 e. The van der Waals surface area contributed by atoms with Crippen molar-refractivity contribution in [3.8, 4) is 0 Å². The number of aliphatic hydroxyl groups is 3. The fourth-order valence-corrected chi connectivity index (χ4v) is 35.1. The highest BCUT2D eigenvalue weighted by Crippen LogP contribution is 2.74. The van der Waals surface area contributed by atoms with Crippen LogP contribution in [0.2, 0.25) is 0 Å². The molecule has 142 heavy (non-hydrogen) atoms. The highest BCUT2D eigenvalue weighted by atomic mass is 19.4. The van der Waals surface area contributed by atoms with Crippen molar-refractivity contribution in [3.63, 3.8) is 0 Å². The zero-order valence-electron chi connectivity index (χ0n) is 86.5. The Morgan fingerprint density at radius 3 is 1.33 bits per heavy atom. The molecule has 10 saturated carbocycles. The Labute approximate surface area is 833 Å². The van der Waals surface area contributed by atoms with Crippen molar-refractivity contribution in [2.45, 2.75) is 284 Å². The van der Waals surface area contributed by atoms with Crippen LogP contribution in [-0.2, 0) is 76.5 Å². The van der Waals surface area contributed by atoms with Gasteiger partial charge in [0.25, 0.3) is 0 Å². The number of alkyl halides is 5. The molecule has 0 aromatic rings.